The van der Waals surface area contributed by atoms with Crippen molar-refractivity contribution in [3.05, 3.63) is 94.8 Å². The number of piperazine rings is 1. The lowest BCUT2D eigenvalue weighted by Crippen LogP contribution is -2.68. The summed E-state index contributed by atoms with van der Waals surface area (Å²) < 4.78 is 34.7. The first-order valence-electron chi connectivity index (χ1n) is 16.4. The van der Waals surface area contributed by atoms with Gasteiger partial charge in [-0.05, 0) is 67.9 Å². The normalized spacial score (nSPS) is 21.1. The zero-order valence-corrected chi connectivity index (χ0v) is 28.7. The molecule has 2 saturated heterocycles. The molecule has 4 atom stereocenters. The molecule has 11 nitrogen and oxygen atoms in total. The van der Waals surface area contributed by atoms with Crippen LogP contribution in [0.5, 0.6) is 0 Å². The van der Waals surface area contributed by atoms with Gasteiger partial charge in [-0.15, -0.1) is 0 Å². The zero-order valence-electron chi connectivity index (χ0n) is 27.8. The van der Waals surface area contributed by atoms with Crippen LogP contribution in [0.3, 0.4) is 0 Å². The number of benzene rings is 2. The minimum absolute atomic E-state index is 0.0550. The summed E-state index contributed by atoms with van der Waals surface area (Å²) in [5.74, 6) is -0.719. The molecule has 256 valence electrons. The van der Waals surface area contributed by atoms with Gasteiger partial charge in [0.05, 0.1) is 18.1 Å². The van der Waals surface area contributed by atoms with Crippen LogP contribution < -0.4 is 5.32 Å². The largest absolute Gasteiger partial charge is 0.378 e. The van der Waals surface area contributed by atoms with E-state index in [1.165, 1.54) is 23.3 Å². The van der Waals surface area contributed by atoms with Crippen molar-refractivity contribution < 1.29 is 32.1 Å². The molecular formula is C36H44N4O7S. The van der Waals surface area contributed by atoms with Crippen molar-refractivity contribution in [2.45, 2.75) is 70.0 Å². The summed E-state index contributed by atoms with van der Waals surface area (Å²) in [4.78, 5) is 50.5. The number of carbonyl (C=O) groups is 3. The molecule has 3 amide bonds. The monoisotopic (exact) mass is 676 g/mol. The highest BCUT2D eigenvalue weighted by molar-refractivity contribution is 7.85. The molecule has 12 heteroatoms. The standard InChI is InChI=1S/C30H38N4O4.C6H6O3S/c1-5-18(2)26-28(35)32-25(23-16-21-8-6-7-9-22(21)17-23)29(36)34(26)27(24-11-10-19(3)31-20(24)4)30(37)33-12-14-38-15-13-33;7-10(8,9)6-4-2-1-3-5-6/h6-11,18,23,25-27H,5,12-17H2,1-4H3,(H,32,35);1-5H,(H,7,8,9)/t18-,25+,26+,27+;/m0./s1. The second-order valence-electron chi connectivity index (χ2n) is 12.8. The number of ether oxygens (including phenoxy) is 1. The highest BCUT2D eigenvalue weighted by Gasteiger charge is 2.51. The summed E-state index contributed by atoms with van der Waals surface area (Å²) in [5, 5.41) is 3.10. The van der Waals surface area contributed by atoms with Gasteiger partial charge < -0.3 is 19.9 Å². The molecule has 48 heavy (non-hydrogen) atoms. The van der Waals surface area contributed by atoms with E-state index in [0.29, 0.717) is 44.0 Å². The third kappa shape index (κ3) is 7.61. The SMILES string of the molecule is CC[C@H](C)[C@@H]1C(=O)N[C@H](C2Cc3ccccc3C2)C(=O)N1[C@@H](C(=O)N1CCOCC1)c1ccc(C)nc1C.O=S(=O)(O)c1ccccc1. The zero-order chi connectivity index (χ0) is 34.6. The maximum Gasteiger partial charge on any atom is 0.294 e. The molecule has 6 rings (SSSR count). The number of morpholine rings is 1. The number of pyridine rings is 1. The Bertz CT molecular complexity index is 1720. The van der Waals surface area contributed by atoms with E-state index in [2.05, 4.69) is 22.4 Å². The van der Waals surface area contributed by atoms with E-state index in [1.807, 2.05) is 52.0 Å². The predicted molar refractivity (Wildman–Crippen MR) is 179 cm³/mol. The van der Waals surface area contributed by atoms with Crippen molar-refractivity contribution in [2.75, 3.05) is 26.3 Å². The van der Waals surface area contributed by atoms with Gasteiger partial charge >= 0.3 is 0 Å². The van der Waals surface area contributed by atoms with Crippen molar-refractivity contribution in [3.8, 4) is 0 Å². The first-order valence-corrected chi connectivity index (χ1v) is 17.9. The van der Waals surface area contributed by atoms with Crippen molar-refractivity contribution in [1.82, 2.24) is 20.1 Å². The Hall–Kier alpha value is -4.13. The fourth-order valence-electron chi connectivity index (χ4n) is 6.85. The number of aryl methyl sites for hydroxylation is 2. The molecule has 0 saturated carbocycles. The molecule has 2 N–H and O–H groups in total. The van der Waals surface area contributed by atoms with Gasteiger partial charge in [0.25, 0.3) is 10.1 Å². The van der Waals surface area contributed by atoms with Crippen LogP contribution in [0.4, 0.5) is 0 Å². The Morgan fingerprint density at radius 2 is 1.58 bits per heavy atom. The highest BCUT2D eigenvalue weighted by Crippen LogP contribution is 2.37. The predicted octanol–water partition coefficient (Wildman–Crippen LogP) is 3.69. The number of fused-ring (bicyclic) bond motifs is 1. The Balaban J connectivity index is 0.000000387. The summed E-state index contributed by atoms with van der Waals surface area (Å²) in [7, 11) is -4.00. The van der Waals surface area contributed by atoms with E-state index < -0.39 is 28.2 Å². The molecule has 1 aliphatic carbocycles. The van der Waals surface area contributed by atoms with Crippen LogP contribution in [0.25, 0.3) is 0 Å². The number of carbonyl (C=O) groups excluding carboxylic acids is 3. The average Bonchev–Trinajstić information content (AvgIpc) is 3.51. The van der Waals surface area contributed by atoms with Crippen molar-refractivity contribution in [3.63, 3.8) is 0 Å². The first-order chi connectivity index (χ1) is 22.9. The van der Waals surface area contributed by atoms with Gasteiger partial charge in [-0.25, -0.2) is 0 Å². The van der Waals surface area contributed by atoms with Gasteiger partial charge in [-0.1, -0.05) is 68.8 Å². The lowest BCUT2D eigenvalue weighted by atomic mass is 9.85. The Kier molecular flexibility index (Phi) is 11.0. The van der Waals surface area contributed by atoms with E-state index in [1.54, 1.807) is 28.0 Å². The van der Waals surface area contributed by atoms with Gasteiger partial charge in [0.1, 0.15) is 18.1 Å². The van der Waals surface area contributed by atoms with E-state index in [0.717, 1.165) is 18.5 Å². The number of amides is 3. The van der Waals surface area contributed by atoms with E-state index in [-0.39, 0.29) is 34.5 Å². The summed E-state index contributed by atoms with van der Waals surface area (Å²) in [5.41, 5.74) is 4.65. The molecule has 3 aliphatic rings. The number of hydrogen-bond acceptors (Lipinski definition) is 7. The number of nitrogens with one attached hydrogen (secondary N) is 1. The molecule has 2 aromatic carbocycles. The van der Waals surface area contributed by atoms with Crippen molar-refractivity contribution in [1.29, 1.82) is 0 Å². The molecular weight excluding hydrogens is 632 g/mol. The maximum atomic E-state index is 14.5. The number of hydrogen-bond donors (Lipinski definition) is 2. The summed E-state index contributed by atoms with van der Waals surface area (Å²) in [6.07, 6.45) is 2.15. The maximum absolute atomic E-state index is 14.5. The summed E-state index contributed by atoms with van der Waals surface area (Å²) in [6.45, 7) is 9.59. The third-order valence-corrected chi connectivity index (χ3v) is 10.4. The van der Waals surface area contributed by atoms with Crippen molar-refractivity contribution >= 4 is 27.8 Å². The highest BCUT2D eigenvalue weighted by atomic mass is 32.2. The number of rotatable bonds is 7. The minimum Gasteiger partial charge on any atom is -0.378 e. The summed E-state index contributed by atoms with van der Waals surface area (Å²) >= 11 is 0. The van der Waals surface area contributed by atoms with Crippen LogP contribution >= 0.6 is 0 Å². The van der Waals surface area contributed by atoms with Crippen LogP contribution in [-0.4, -0.2) is 83.9 Å². The number of nitrogens with zero attached hydrogens (tertiary/aromatic N) is 3. The molecule has 0 unspecified atom stereocenters. The van der Waals surface area contributed by atoms with Crippen molar-refractivity contribution in [2.24, 2.45) is 11.8 Å². The van der Waals surface area contributed by atoms with Gasteiger partial charge in [0.15, 0.2) is 0 Å². The molecule has 3 aromatic rings. The van der Waals surface area contributed by atoms with Crippen LogP contribution in [0.15, 0.2) is 71.6 Å². The first kappa shape index (κ1) is 35.2. The smallest absolute Gasteiger partial charge is 0.294 e. The van der Waals surface area contributed by atoms with Crippen LogP contribution in [-0.2, 0) is 42.1 Å². The average molecular weight is 677 g/mol. The lowest BCUT2D eigenvalue weighted by molar-refractivity contribution is -0.163. The Morgan fingerprint density at radius 1 is 0.979 bits per heavy atom. The van der Waals surface area contributed by atoms with Gasteiger partial charge in [0.2, 0.25) is 17.7 Å². The lowest BCUT2D eigenvalue weighted by Gasteiger charge is -2.47. The van der Waals surface area contributed by atoms with Gasteiger partial charge in [-0.2, -0.15) is 8.42 Å². The molecule has 2 aliphatic heterocycles. The quantitative estimate of drug-likeness (QED) is 0.361. The van der Waals surface area contributed by atoms with Crippen LogP contribution in [0.2, 0.25) is 0 Å². The Labute approximate surface area is 282 Å². The minimum atomic E-state index is -4.00. The molecule has 1 aromatic heterocycles. The summed E-state index contributed by atoms with van der Waals surface area (Å²) in [6, 6.07) is 17.0. The topological polar surface area (TPSA) is 146 Å². The fourth-order valence-corrected chi connectivity index (χ4v) is 7.35. The molecule has 0 spiro atoms. The molecule has 0 bridgehead atoms. The van der Waals surface area contributed by atoms with E-state index in [4.69, 9.17) is 9.29 Å². The fraction of sp³-hybridized carbons (Fsp3) is 0.444. The van der Waals surface area contributed by atoms with E-state index in [9.17, 15) is 22.8 Å². The number of aromatic nitrogens is 1. The van der Waals surface area contributed by atoms with E-state index >= 15 is 0 Å². The molecule has 2 fully saturated rings. The second kappa shape index (κ2) is 15.0. The third-order valence-electron chi connectivity index (χ3n) is 9.56. The Morgan fingerprint density at radius 3 is 2.12 bits per heavy atom. The van der Waals surface area contributed by atoms with Crippen LogP contribution in [0.1, 0.15) is 54.4 Å². The second-order valence-corrected chi connectivity index (χ2v) is 14.2. The molecule has 0 radical (unpaired) electrons. The van der Waals surface area contributed by atoms with Crippen LogP contribution in [0, 0.1) is 25.7 Å². The van der Waals surface area contributed by atoms with Gasteiger partial charge in [-0.3, -0.25) is 23.9 Å². The molecule has 3 heterocycles. The van der Waals surface area contributed by atoms with Gasteiger partial charge in [0, 0.05) is 30.0 Å².